The van der Waals surface area contributed by atoms with Gasteiger partial charge in [0, 0.05) is 55.5 Å². The molecule has 1 aromatic heterocycles. The van der Waals surface area contributed by atoms with Gasteiger partial charge in [-0.3, -0.25) is 5.73 Å². The summed E-state index contributed by atoms with van der Waals surface area (Å²) >= 11 is 0. The number of hydrogen-bond acceptors (Lipinski definition) is 9. The highest BCUT2D eigenvalue weighted by Crippen LogP contribution is 2.37. The minimum absolute atomic E-state index is 0.0866. The monoisotopic (exact) mass is 465 g/mol. The van der Waals surface area contributed by atoms with Crippen LogP contribution in [-0.4, -0.2) is 78.2 Å². The highest BCUT2D eigenvalue weighted by molar-refractivity contribution is 7.88. The lowest BCUT2D eigenvalue weighted by Crippen LogP contribution is -2.54. The van der Waals surface area contributed by atoms with Crippen molar-refractivity contribution in [3.8, 4) is 0 Å². The molecule has 3 N–H and O–H groups in total. The molecule has 3 aliphatic rings. The fraction of sp³-hybridized carbons (Fsp3) is 0.762. The topological polar surface area (TPSA) is 130 Å². The van der Waals surface area contributed by atoms with E-state index in [1.165, 1.54) is 10.6 Å². The summed E-state index contributed by atoms with van der Waals surface area (Å²) in [6.07, 6.45) is 5.25. The Morgan fingerprint density at radius 1 is 1.38 bits per heavy atom. The molecule has 3 aliphatic heterocycles. The van der Waals surface area contributed by atoms with Crippen molar-refractivity contribution < 1.29 is 12.9 Å². The SMILES string of the molecule is CCC(C1CCNCC1c1nc(C(C)C)no1)N1C=C2CN(S(C)(=O)=O)CCC2=NC1N. The number of rotatable bonds is 6. The first-order chi connectivity index (χ1) is 15.2. The summed E-state index contributed by atoms with van der Waals surface area (Å²) in [5, 5.41) is 7.64. The van der Waals surface area contributed by atoms with Gasteiger partial charge in [0.1, 0.15) is 0 Å². The molecule has 2 fully saturated rings. The van der Waals surface area contributed by atoms with E-state index in [0.29, 0.717) is 25.4 Å². The van der Waals surface area contributed by atoms with E-state index in [-0.39, 0.29) is 23.8 Å². The Kier molecular flexibility index (Phi) is 6.71. The van der Waals surface area contributed by atoms with E-state index in [2.05, 4.69) is 41.1 Å². The molecule has 1 aromatic rings. The highest BCUT2D eigenvalue weighted by atomic mass is 32.2. The third kappa shape index (κ3) is 4.61. The number of hydrogen-bond donors (Lipinski definition) is 2. The van der Waals surface area contributed by atoms with Crippen LogP contribution in [-0.2, 0) is 10.0 Å². The molecule has 4 unspecified atom stereocenters. The number of fused-ring (bicyclic) bond motifs is 1. The Hall–Kier alpha value is -1.82. The molecule has 4 heterocycles. The Bertz CT molecular complexity index is 987. The average Bonchev–Trinajstić information content (AvgIpc) is 3.24. The van der Waals surface area contributed by atoms with E-state index in [0.717, 1.165) is 43.0 Å². The first-order valence-corrected chi connectivity index (χ1v) is 13.3. The maximum absolute atomic E-state index is 12.1. The molecular formula is C21H35N7O3S. The first kappa shape index (κ1) is 23.3. The maximum atomic E-state index is 12.1. The normalized spacial score (nSPS) is 28.3. The average molecular weight is 466 g/mol. The molecule has 2 saturated heterocycles. The number of piperidine rings is 2. The van der Waals surface area contributed by atoms with Crippen molar-refractivity contribution in [1.82, 2.24) is 24.7 Å². The zero-order chi connectivity index (χ0) is 23.0. The lowest BCUT2D eigenvalue weighted by Gasteiger charge is -2.45. The number of nitrogens with one attached hydrogen (secondary N) is 1. The van der Waals surface area contributed by atoms with E-state index in [9.17, 15) is 8.42 Å². The summed E-state index contributed by atoms with van der Waals surface area (Å²) in [6, 6.07) is 0.123. The van der Waals surface area contributed by atoms with Crippen LogP contribution in [0.25, 0.3) is 0 Å². The van der Waals surface area contributed by atoms with Gasteiger partial charge in [-0.2, -0.15) is 9.29 Å². The minimum Gasteiger partial charge on any atom is -0.341 e. The second kappa shape index (κ2) is 9.20. The van der Waals surface area contributed by atoms with Crippen LogP contribution < -0.4 is 11.1 Å². The van der Waals surface area contributed by atoms with Gasteiger partial charge >= 0.3 is 0 Å². The van der Waals surface area contributed by atoms with Gasteiger partial charge in [-0.05, 0) is 25.3 Å². The van der Waals surface area contributed by atoms with Crippen molar-refractivity contribution in [1.29, 1.82) is 0 Å². The van der Waals surface area contributed by atoms with Gasteiger partial charge in [-0.15, -0.1) is 0 Å². The third-order valence-corrected chi connectivity index (χ3v) is 8.05. The second-order valence-electron chi connectivity index (χ2n) is 9.32. The molecule has 0 amide bonds. The Morgan fingerprint density at radius 2 is 2.16 bits per heavy atom. The third-order valence-electron chi connectivity index (χ3n) is 6.80. The number of aromatic nitrogens is 2. The molecule has 0 spiro atoms. The number of aliphatic imine (C=N–C) groups is 1. The molecule has 0 aliphatic carbocycles. The second-order valence-corrected chi connectivity index (χ2v) is 11.3. The molecule has 10 nitrogen and oxygen atoms in total. The van der Waals surface area contributed by atoms with Crippen LogP contribution in [0.3, 0.4) is 0 Å². The molecule has 11 heteroatoms. The molecule has 0 bridgehead atoms. The number of sulfonamides is 1. The summed E-state index contributed by atoms with van der Waals surface area (Å²) in [6.45, 7) is 8.75. The Balaban J connectivity index is 1.61. The van der Waals surface area contributed by atoms with Crippen LogP contribution in [0.4, 0.5) is 0 Å². The maximum Gasteiger partial charge on any atom is 0.231 e. The summed E-state index contributed by atoms with van der Waals surface area (Å²) in [5.41, 5.74) is 8.37. The Labute approximate surface area is 190 Å². The van der Waals surface area contributed by atoms with E-state index in [4.69, 9.17) is 15.2 Å². The van der Waals surface area contributed by atoms with Crippen LogP contribution in [0.2, 0.25) is 0 Å². The molecule has 0 aromatic carbocycles. The molecule has 4 rings (SSSR count). The first-order valence-electron chi connectivity index (χ1n) is 11.5. The largest absolute Gasteiger partial charge is 0.341 e. The number of nitrogens with two attached hydrogens (primary N) is 1. The van der Waals surface area contributed by atoms with Crippen LogP contribution in [0.5, 0.6) is 0 Å². The molecule has 0 radical (unpaired) electrons. The van der Waals surface area contributed by atoms with Gasteiger partial charge in [0.2, 0.25) is 15.9 Å². The van der Waals surface area contributed by atoms with Crippen molar-refractivity contribution in [2.24, 2.45) is 16.6 Å². The van der Waals surface area contributed by atoms with Crippen molar-refractivity contribution in [2.75, 3.05) is 32.4 Å². The van der Waals surface area contributed by atoms with Gasteiger partial charge in [0.25, 0.3) is 0 Å². The highest BCUT2D eigenvalue weighted by Gasteiger charge is 2.40. The fourth-order valence-electron chi connectivity index (χ4n) is 5.05. The van der Waals surface area contributed by atoms with Crippen LogP contribution >= 0.6 is 0 Å². The van der Waals surface area contributed by atoms with E-state index in [1.807, 2.05) is 6.20 Å². The summed E-state index contributed by atoms with van der Waals surface area (Å²) < 4.78 is 31.3. The van der Waals surface area contributed by atoms with Crippen molar-refractivity contribution >= 4 is 15.7 Å². The van der Waals surface area contributed by atoms with Crippen molar-refractivity contribution in [3.05, 3.63) is 23.5 Å². The van der Waals surface area contributed by atoms with Crippen LogP contribution in [0.1, 0.15) is 63.6 Å². The predicted molar refractivity (Wildman–Crippen MR) is 123 cm³/mol. The summed E-state index contributed by atoms with van der Waals surface area (Å²) in [7, 11) is -3.25. The van der Waals surface area contributed by atoms with Gasteiger partial charge in [-0.1, -0.05) is 25.9 Å². The molecule has 4 atom stereocenters. The van der Waals surface area contributed by atoms with E-state index >= 15 is 0 Å². The van der Waals surface area contributed by atoms with Crippen molar-refractivity contribution in [3.63, 3.8) is 0 Å². The zero-order valence-corrected chi connectivity index (χ0v) is 20.2. The quantitative estimate of drug-likeness (QED) is 0.641. The van der Waals surface area contributed by atoms with E-state index in [1.54, 1.807) is 0 Å². The smallest absolute Gasteiger partial charge is 0.231 e. The molecule has 178 valence electrons. The number of nitrogens with zero attached hydrogens (tertiary/aromatic N) is 5. The van der Waals surface area contributed by atoms with Crippen LogP contribution in [0.15, 0.2) is 21.3 Å². The van der Waals surface area contributed by atoms with Gasteiger partial charge in [-0.25, -0.2) is 13.4 Å². The van der Waals surface area contributed by atoms with E-state index < -0.39 is 16.3 Å². The summed E-state index contributed by atoms with van der Waals surface area (Å²) in [5.74, 6) is 1.96. The van der Waals surface area contributed by atoms with Crippen molar-refractivity contribution in [2.45, 2.75) is 64.2 Å². The molecular weight excluding hydrogens is 430 g/mol. The predicted octanol–water partition coefficient (Wildman–Crippen LogP) is 1.21. The lowest BCUT2D eigenvalue weighted by atomic mass is 9.79. The minimum atomic E-state index is -3.25. The lowest BCUT2D eigenvalue weighted by molar-refractivity contribution is 0.102. The molecule has 0 saturated carbocycles. The van der Waals surface area contributed by atoms with Gasteiger partial charge < -0.3 is 14.7 Å². The van der Waals surface area contributed by atoms with Crippen LogP contribution in [0, 0.1) is 5.92 Å². The standard InChI is InChI=1S/C21H35N7O3S/c1-5-18(15-6-8-23-10-16(15)20-25-19(13(2)3)26-31-20)28-12-14-11-27(32(4,29)30)9-7-17(14)24-21(28)22/h12-13,15-16,18,21,23H,5-11,22H2,1-4H3. The summed E-state index contributed by atoms with van der Waals surface area (Å²) in [4.78, 5) is 11.6. The Morgan fingerprint density at radius 3 is 2.81 bits per heavy atom. The fourth-order valence-corrected chi connectivity index (χ4v) is 5.85. The molecule has 32 heavy (non-hydrogen) atoms. The zero-order valence-electron chi connectivity index (χ0n) is 19.4. The van der Waals surface area contributed by atoms with Gasteiger partial charge in [0.15, 0.2) is 12.1 Å². The van der Waals surface area contributed by atoms with Gasteiger partial charge in [0.05, 0.1) is 12.2 Å².